The molecule has 1 amide bonds. The molecule has 1 aliphatic rings. The fourth-order valence-corrected chi connectivity index (χ4v) is 2.85. The van der Waals surface area contributed by atoms with E-state index in [9.17, 15) is 14.7 Å². The molecule has 1 N–H and O–H groups in total. The van der Waals surface area contributed by atoms with Gasteiger partial charge in [0, 0.05) is 20.2 Å². The number of benzene rings is 1. The van der Waals surface area contributed by atoms with Gasteiger partial charge in [0.25, 0.3) is 0 Å². The molecule has 0 aliphatic carbocycles. The van der Waals surface area contributed by atoms with Gasteiger partial charge in [-0.15, -0.1) is 0 Å². The van der Waals surface area contributed by atoms with Crippen molar-refractivity contribution >= 4 is 11.9 Å². The lowest BCUT2D eigenvalue weighted by atomic mass is 9.88. The van der Waals surface area contributed by atoms with Gasteiger partial charge in [-0.2, -0.15) is 0 Å². The number of ether oxygens (including phenoxy) is 1. The largest absolute Gasteiger partial charge is 0.481 e. The van der Waals surface area contributed by atoms with Gasteiger partial charge in [0.1, 0.15) is 5.41 Å². The number of carbonyl (C=O) groups excluding carboxylic acids is 1. The quantitative estimate of drug-likeness (QED) is 0.897. The van der Waals surface area contributed by atoms with Crippen LogP contribution < -0.4 is 0 Å². The maximum absolute atomic E-state index is 12.6. The van der Waals surface area contributed by atoms with Gasteiger partial charge in [-0.3, -0.25) is 9.59 Å². The second-order valence-corrected chi connectivity index (χ2v) is 5.66. The molecule has 1 heterocycles. The molecule has 1 unspecified atom stereocenters. The van der Waals surface area contributed by atoms with Crippen LogP contribution in [0.5, 0.6) is 0 Å². The zero-order valence-corrected chi connectivity index (χ0v) is 12.4. The molecule has 1 saturated heterocycles. The number of methoxy groups -OCH3 is 1. The highest BCUT2D eigenvalue weighted by Crippen LogP contribution is 2.33. The first-order valence-corrected chi connectivity index (χ1v) is 7.06. The van der Waals surface area contributed by atoms with Gasteiger partial charge in [0.15, 0.2) is 0 Å². The van der Waals surface area contributed by atoms with E-state index in [-0.39, 0.29) is 25.0 Å². The number of hydrogen-bond donors (Lipinski definition) is 1. The Hall–Kier alpha value is -1.88. The van der Waals surface area contributed by atoms with E-state index in [1.165, 1.54) is 7.11 Å². The first kappa shape index (κ1) is 15.5. The predicted molar refractivity (Wildman–Crippen MR) is 78.0 cm³/mol. The van der Waals surface area contributed by atoms with Crippen LogP contribution in [0.1, 0.15) is 24.8 Å². The molecule has 2 atom stereocenters. The highest BCUT2D eigenvalue weighted by Gasteiger charge is 2.46. The van der Waals surface area contributed by atoms with Crippen molar-refractivity contribution in [1.82, 2.24) is 4.90 Å². The standard InChI is InChI=1S/C16H21NO4/c1-12(13-6-4-3-5-7-13)14(18)17-9-8-16(10-17,11-21-2)15(19)20/h3-7,12H,8-11H2,1-2H3,(H,19,20)/t12-,16?/m0/s1. The molecule has 2 rings (SSSR count). The molecule has 1 aromatic carbocycles. The summed E-state index contributed by atoms with van der Waals surface area (Å²) in [5, 5.41) is 9.43. The minimum Gasteiger partial charge on any atom is -0.481 e. The van der Waals surface area contributed by atoms with Gasteiger partial charge < -0.3 is 14.7 Å². The minimum absolute atomic E-state index is 0.0274. The summed E-state index contributed by atoms with van der Waals surface area (Å²) in [6, 6.07) is 9.53. The van der Waals surface area contributed by atoms with Crippen LogP contribution in [0.25, 0.3) is 0 Å². The molecular weight excluding hydrogens is 270 g/mol. The Morgan fingerprint density at radius 2 is 2.05 bits per heavy atom. The van der Waals surface area contributed by atoms with Crippen molar-refractivity contribution in [2.45, 2.75) is 19.3 Å². The normalized spacial score (nSPS) is 23.0. The fraction of sp³-hybridized carbons (Fsp3) is 0.500. The van der Waals surface area contributed by atoms with Crippen LogP contribution in [0, 0.1) is 5.41 Å². The number of likely N-dealkylation sites (tertiary alicyclic amines) is 1. The third-order valence-corrected chi connectivity index (χ3v) is 4.21. The van der Waals surface area contributed by atoms with E-state index in [1.54, 1.807) is 4.90 Å². The Balaban J connectivity index is 2.10. The molecule has 5 nitrogen and oxygen atoms in total. The van der Waals surface area contributed by atoms with Gasteiger partial charge >= 0.3 is 5.97 Å². The van der Waals surface area contributed by atoms with Crippen molar-refractivity contribution in [3.63, 3.8) is 0 Å². The van der Waals surface area contributed by atoms with Gasteiger partial charge in [-0.05, 0) is 18.9 Å². The van der Waals surface area contributed by atoms with Crippen molar-refractivity contribution < 1.29 is 19.4 Å². The number of nitrogens with zero attached hydrogens (tertiary/aromatic N) is 1. The average Bonchev–Trinajstić information content (AvgIpc) is 2.93. The Bertz CT molecular complexity index is 516. The second-order valence-electron chi connectivity index (χ2n) is 5.66. The van der Waals surface area contributed by atoms with Crippen LogP contribution in [0.15, 0.2) is 30.3 Å². The first-order chi connectivity index (χ1) is 10.00. The summed E-state index contributed by atoms with van der Waals surface area (Å²) >= 11 is 0. The van der Waals surface area contributed by atoms with Crippen LogP contribution in [-0.2, 0) is 14.3 Å². The number of carboxylic acids is 1. The van der Waals surface area contributed by atoms with Crippen LogP contribution >= 0.6 is 0 Å². The maximum atomic E-state index is 12.6. The van der Waals surface area contributed by atoms with E-state index in [1.807, 2.05) is 37.3 Å². The van der Waals surface area contributed by atoms with Crippen molar-refractivity contribution in [3.05, 3.63) is 35.9 Å². The van der Waals surface area contributed by atoms with Crippen LogP contribution in [0.4, 0.5) is 0 Å². The summed E-state index contributed by atoms with van der Waals surface area (Å²) in [5.41, 5.74) is -0.0251. The van der Waals surface area contributed by atoms with E-state index >= 15 is 0 Å². The lowest BCUT2D eigenvalue weighted by Gasteiger charge is -2.25. The second kappa shape index (κ2) is 6.26. The summed E-state index contributed by atoms with van der Waals surface area (Å²) < 4.78 is 5.04. The lowest BCUT2D eigenvalue weighted by molar-refractivity contribution is -0.151. The highest BCUT2D eigenvalue weighted by molar-refractivity contribution is 5.85. The Morgan fingerprint density at radius 3 is 2.62 bits per heavy atom. The highest BCUT2D eigenvalue weighted by atomic mass is 16.5. The molecule has 0 saturated carbocycles. The van der Waals surface area contributed by atoms with Gasteiger partial charge in [-0.1, -0.05) is 30.3 Å². The van der Waals surface area contributed by atoms with Crippen LogP contribution in [-0.4, -0.2) is 48.7 Å². The third-order valence-electron chi connectivity index (χ3n) is 4.21. The van der Waals surface area contributed by atoms with Gasteiger partial charge in [-0.25, -0.2) is 0 Å². The summed E-state index contributed by atoms with van der Waals surface area (Å²) in [7, 11) is 1.49. The SMILES string of the molecule is COCC1(C(=O)O)CCN(C(=O)[C@@H](C)c2ccccc2)C1. The molecule has 0 radical (unpaired) electrons. The topological polar surface area (TPSA) is 66.8 Å². The third kappa shape index (κ3) is 3.08. The summed E-state index contributed by atoms with van der Waals surface area (Å²) in [6.07, 6.45) is 0.434. The van der Waals surface area contributed by atoms with Gasteiger partial charge in [0.2, 0.25) is 5.91 Å². The lowest BCUT2D eigenvalue weighted by Crippen LogP contribution is -2.41. The molecule has 0 spiro atoms. The number of rotatable bonds is 5. The first-order valence-electron chi connectivity index (χ1n) is 7.06. The predicted octanol–water partition coefficient (Wildman–Crippen LogP) is 1.74. The van der Waals surface area contributed by atoms with E-state index in [2.05, 4.69) is 0 Å². The number of hydrogen-bond acceptors (Lipinski definition) is 3. The molecule has 114 valence electrons. The maximum Gasteiger partial charge on any atom is 0.313 e. The molecule has 0 aromatic heterocycles. The number of amides is 1. The van der Waals surface area contributed by atoms with E-state index in [0.717, 1.165) is 5.56 Å². The Labute approximate surface area is 124 Å². The Kier molecular flexibility index (Phi) is 4.63. The molecule has 21 heavy (non-hydrogen) atoms. The molecule has 1 fully saturated rings. The summed E-state index contributed by atoms with van der Waals surface area (Å²) in [5.74, 6) is -1.19. The number of carboxylic acid groups (broad SMARTS) is 1. The minimum atomic E-state index is -0.971. The molecule has 1 aromatic rings. The van der Waals surface area contributed by atoms with Crippen molar-refractivity contribution in [1.29, 1.82) is 0 Å². The molecule has 0 bridgehead atoms. The smallest absolute Gasteiger partial charge is 0.313 e. The molecule has 5 heteroatoms. The average molecular weight is 291 g/mol. The zero-order valence-electron chi connectivity index (χ0n) is 12.4. The fourth-order valence-electron chi connectivity index (χ4n) is 2.85. The monoisotopic (exact) mass is 291 g/mol. The summed E-state index contributed by atoms with van der Waals surface area (Å²) in [4.78, 5) is 25.7. The van der Waals surface area contributed by atoms with Crippen molar-refractivity contribution in [3.8, 4) is 0 Å². The van der Waals surface area contributed by atoms with E-state index in [4.69, 9.17) is 4.74 Å². The number of carbonyl (C=O) groups is 2. The van der Waals surface area contributed by atoms with Crippen LogP contribution in [0.2, 0.25) is 0 Å². The number of aliphatic carboxylic acids is 1. The zero-order chi connectivity index (χ0) is 15.5. The van der Waals surface area contributed by atoms with E-state index in [0.29, 0.717) is 13.0 Å². The molecular formula is C16H21NO4. The van der Waals surface area contributed by atoms with E-state index < -0.39 is 11.4 Å². The van der Waals surface area contributed by atoms with Crippen molar-refractivity contribution in [2.75, 3.05) is 26.8 Å². The van der Waals surface area contributed by atoms with Gasteiger partial charge in [0.05, 0.1) is 12.5 Å². The Morgan fingerprint density at radius 1 is 1.38 bits per heavy atom. The summed E-state index contributed by atoms with van der Waals surface area (Å²) in [6.45, 7) is 2.67. The molecule has 1 aliphatic heterocycles. The van der Waals surface area contributed by atoms with Crippen LogP contribution in [0.3, 0.4) is 0 Å². The van der Waals surface area contributed by atoms with Crippen molar-refractivity contribution in [2.24, 2.45) is 5.41 Å².